The summed E-state index contributed by atoms with van der Waals surface area (Å²) in [5.41, 5.74) is 0. The second kappa shape index (κ2) is 7.69. The van der Waals surface area contributed by atoms with Crippen molar-refractivity contribution in [2.45, 2.75) is 39.3 Å². The van der Waals surface area contributed by atoms with Crippen LogP contribution in [0.5, 0.6) is 0 Å². The lowest BCUT2D eigenvalue weighted by Crippen LogP contribution is -2.49. The van der Waals surface area contributed by atoms with Crippen LogP contribution in [-0.4, -0.2) is 35.6 Å². The first-order chi connectivity index (χ1) is 9.45. The molecule has 1 rings (SSSR count). The molecular formula is C14H22N2O4. The molecule has 1 aromatic rings. The van der Waals surface area contributed by atoms with Crippen LogP contribution in [0.15, 0.2) is 22.8 Å². The number of aliphatic hydroxyl groups excluding tert-OH is 1. The summed E-state index contributed by atoms with van der Waals surface area (Å²) in [5.74, 6) is -0.336. The Balaban J connectivity index is 2.52. The Morgan fingerprint density at radius 2 is 2.00 bits per heavy atom. The van der Waals surface area contributed by atoms with Crippen LogP contribution in [-0.2, 0) is 4.79 Å². The zero-order valence-corrected chi connectivity index (χ0v) is 12.1. The topological polar surface area (TPSA) is 91.6 Å². The molecule has 0 aliphatic carbocycles. The Morgan fingerprint density at radius 3 is 2.50 bits per heavy atom. The Hall–Kier alpha value is -1.82. The molecule has 0 fully saturated rings. The van der Waals surface area contributed by atoms with Gasteiger partial charge in [-0.15, -0.1) is 0 Å². The van der Waals surface area contributed by atoms with Crippen LogP contribution in [0.25, 0.3) is 0 Å². The molecule has 6 heteroatoms. The summed E-state index contributed by atoms with van der Waals surface area (Å²) in [6.07, 6.45) is 1.89. The summed E-state index contributed by atoms with van der Waals surface area (Å²) < 4.78 is 4.96. The molecule has 20 heavy (non-hydrogen) atoms. The highest BCUT2D eigenvalue weighted by molar-refractivity contribution is 5.95. The molecule has 2 atom stereocenters. The summed E-state index contributed by atoms with van der Waals surface area (Å²) in [6.45, 7) is 5.54. The molecule has 0 aliphatic heterocycles. The Morgan fingerprint density at radius 1 is 1.30 bits per heavy atom. The lowest BCUT2D eigenvalue weighted by Gasteiger charge is -2.23. The number of furan rings is 1. The van der Waals surface area contributed by atoms with Crippen molar-refractivity contribution in [1.82, 2.24) is 10.6 Å². The van der Waals surface area contributed by atoms with Crippen LogP contribution in [0, 0.1) is 5.92 Å². The van der Waals surface area contributed by atoms with Gasteiger partial charge in [0, 0.05) is 12.6 Å². The summed E-state index contributed by atoms with van der Waals surface area (Å²) in [5, 5.41) is 14.4. The first-order valence-electron chi connectivity index (χ1n) is 6.71. The molecule has 1 aromatic heterocycles. The van der Waals surface area contributed by atoms with Crippen molar-refractivity contribution >= 4 is 11.8 Å². The number of carbonyl (C=O) groups excluding carboxylic acids is 2. The second-order valence-corrected chi connectivity index (χ2v) is 5.04. The lowest BCUT2D eigenvalue weighted by molar-refractivity contribution is -0.123. The van der Waals surface area contributed by atoms with Crippen molar-refractivity contribution in [3.8, 4) is 0 Å². The van der Waals surface area contributed by atoms with Crippen molar-refractivity contribution in [3.63, 3.8) is 0 Å². The third-order valence-electron chi connectivity index (χ3n) is 3.06. The third kappa shape index (κ3) is 4.70. The molecule has 0 aromatic carbocycles. The number of hydrogen-bond donors (Lipinski definition) is 3. The van der Waals surface area contributed by atoms with E-state index in [0.29, 0.717) is 6.42 Å². The molecule has 0 spiro atoms. The van der Waals surface area contributed by atoms with E-state index in [1.165, 1.54) is 12.3 Å². The molecule has 1 heterocycles. The van der Waals surface area contributed by atoms with Gasteiger partial charge in [0.2, 0.25) is 5.91 Å². The van der Waals surface area contributed by atoms with E-state index < -0.39 is 11.9 Å². The average Bonchev–Trinajstić information content (AvgIpc) is 2.91. The van der Waals surface area contributed by atoms with E-state index in [-0.39, 0.29) is 30.2 Å². The van der Waals surface area contributed by atoms with Crippen LogP contribution < -0.4 is 10.6 Å². The van der Waals surface area contributed by atoms with Crippen LogP contribution in [0.3, 0.4) is 0 Å². The van der Waals surface area contributed by atoms with Gasteiger partial charge < -0.3 is 20.2 Å². The van der Waals surface area contributed by atoms with E-state index >= 15 is 0 Å². The van der Waals surface area contributed by atoms with Gasteiger partial charge in [-0.05, 0) is 31.4 Å². The molecule has 0 saturated carbocycles. The maximum atomic E-state index is 12.0. The van der Waals surface area contributed by atoms with Crippen LogP contribution in [0.4, 0.5) is 0 Å². The van der Waals surface area contributed by atoms with Crippen molar-refractivity contribution < 1.29 is 19.1 Å². The van der Waals surface area contributed by atoms with Crippen LogP contribution in [0.2, 0.25) is 0 Å². The van der Waals surface area contributed by atoms with Crippen molar-refractivity contribution in [1.29, 1.82) is 0 Å². The van der Waals surface area contributed by atoms with E-state index in [1.807, 2.05) is 13.8 Å². The number of carbonyl (C=O) groups is 2. The van der Waals surface area contributed by atoms with E-state index in [4.69, 9.17) is 9.52 Å². The number of hydrogen-bond acceptors (Lipinski definition) is 4. The average molecular weight is 282 g/mol. The minimum atomic E-state index is -0.674. The third-order valence-corrected chi connectivity index (χ3v) is 3.06. The fourth-order valence-electron chi connectivity index (χ4n) is 1.76. The van der Waals surface area contributed by atoms with Crippen molar-refractivity contribution in [3.05, 3.63) is 24.2 Å². The number of nitrogens with one attached hydrogen (secondary N) is 2. The van der Waals surface area contributed by atoms with E-state index in [1.54, 1.807) is 13.0 Å². The summed E-state index contributed by atoms with van der Waals surface area (Å²) >= 11 is 0. The summed E-state index contributed by atoms with van der Waals surface area (Å²) in [7, 11) is 0. The highest BCUT2D eigenvalue weighted by Crippen LogP contribution is 2.06. The highest BCUT2D eigenvalue weighted by Gasteiger charge is 2.22. The van der Waals surface area contributed by atoms with Gasteiger partial charge in [-0.25, -0.2) is 0 Å². The van der Waals surface area contributed by atoms with Gasteiger partial charge in [-0.1, -0.05) is 13.8 Å². The zero-order chi connectivity index (χ0) is 15.1. The Bertz CT molecular complexity index is 428. The second-order valence-electron chi connectivity index (χ2n) is 5.04. The minimum Gasteiger partial charge on any atom is -0.459 e. The van der Waals surface area contributed by atoms with Gasteiger partial charge in [-0.2, -0.15) is 0 Å². The molecule has 6 nitrogen and oxygen atoms in total. The van der Waals surface area contributed by atoms with Gasteiger partial charge >= 0.3 is 0 Å². The first-order valence-corrected chi connectivity index (χ1v) is 6.71. The molecule has 0 saturated heterocycles. The summed E-state index contributed by atoms with van der Waals surface area (Å²) in [4.78, 5) is 23.7. The van der Waals surface area contributed by atoms with E-state index in [9.17, 15) is 9.59 Å². The molecule has 0 radical (unpaired) electrons. The molecule has 2 amide bonds. The van der Waals surface area contributed by atoms with E-state index in [0.717, 1.165) is 0 Å². The Kier molecular flexibility index (Phi) is 6.24. The van der Waals surface area contributed by atoms with Crippen molar-refractivity contribution in [2.75, 3.05) is 6.61 Å². The predicted molar refractivity (Wildman–Crippen MR) is 74.1 cm³/mol. The minimum absolute atomic E-state index is 0.0102. The molecule has 2 unspecified atom stereocenters. The largest absolute Gasteiger partial charge is 0.459 e. The smallest absolute Gasteiger partial charge is 0.287 e. The van der Waals surface area contributed by atoms with Gasteiger partial charge in [0.1, 0.15) is 6.04 Å². The maximum Gasteiger partial charge on any atom is 0.287 e. The fraction of sp³-hybridized carbons (Fsp3) is 0.571. The fourth-order valence-corrected chi connectivity index (χ4v) is 1.76. The first kappa shape index (κ1) is 16.2. The predicted octanol–water partition coefficient (Wildman–Crippen LogP) is 0.921. The molecule has 0 aliphatic rings. The quantitative estimate of drug-likeness (QED) is 0.693. The SMILES string of the molecule is CC(NC(=O)c1ccco1)C(=O)NC(CCO)C(C)C. The zero-order valence-electron chi connectivity index (χ0n) is 12.1. The normalized spacial score (nSPS) is 13.8. The highest BCUT2D eigenvalue weighted by atomic mass is 16.3. The molecule has 3 N–H and O–H groups in total. The van der Waals surface area contributed by atoms with E-state index in [2.05, 4.69) is 10.6 Å². The van der Waals surface area contributed by atoms with Gasteiger partial charge in [0.05, 0.1) is 6.26 Å². The molecule has 112 valence electrons. The molecular weight excluding hydrogens is 260 g/mol. The number of amides is 2. The van der Waals surface area contributed by atoms with Gasteiger partial charge in [0.15, 0.2) is 5.76 Å². The Labute approximate surface area is 118 Å². The van der Waals surface area contributed by atoms with Gasteiger partial charge in [0.25, 0.3) is 5.91 Å². The molecule has 0 bridgehead atoms. The van der Waals surface area contributed by atoms with Gasteiger partial charge in [-0.3, -0.25) is 9.59 Å². The van der Waals surface area contributed by atoms with Crippen LogP contribution >= 0.6 is 0 Å². The monoisotopic (exact) mass is 282 g/mol. The lowest BCUT2D eigenvalue weighted by atomic mass is 10.0. The van der Waals surface area contributed by atoms with Crippen molar-refractivity contribution in [2.24, 2.45) is 5.92 Å². The standard InChI is InChI=1S/C14H22N2O4/c1-9(2)11(6-7-17)16-13(18)10(3)15-14(19)12-5-4-8-20-12/h4-5,8-11,17H,6-7H2,1-3H3,(H,15,19)(H,16,18). The number of rotatable bonds is 7. The van der Waals surface area contributed by atoms with Crippen LogP contribution in [0.1, 0.15) is 37.7 Å². The maximum absolute atomic E-state index is 12.0. The number of aliphatic hydroxyl groups is 1. The summed E-state index contributed by atoms with van der Waals surface area (Å²) in [6, 6.07) is 2.35.